The van der Waals surface area contributed by atoms with E-state index in [1.165, 1.54) is 10.9 Å². The number of hydrogen-bond donors (Lipinski definition) is 0. The number of benzene rings is 6. The van der Waals surface area contributed by atoms with Gasteiger partial charge in [-0.05, 0) is 78.2 Å². The van der Waals surface area contributed by atoms with Gasteiger partial charge in [-0.3, -0.25) is 4.57 Å². The molecule has 51 heavy (non-hydrogen) atoms. The van der Waals surface area contributed by atoms with Crippen molar-refractivity contribution in [3.63, 3.8) is 0 Å². The molecule has 244 valence electrons. The van der Waals surface area contributed by atoms with Crippen LogP contribution in [0.25, 0.3) is 88.5 Å². The zero-order valence-electron chi connectivity index (χ0n) is 27.7. The molecule has 0 fully saturated rings. The number of aromatic nitrogens is 5. The van der Waals surface area contributed by atoms with Gasteiger partial charge >= 0.3 is 0 Å². The van der Waals surface area contributed by atoms with E-state index in [2.05, 4.69) is 135 Å². The number of nitrogens with zero attached hydrogens (tertiary/aromatic N) is 8. The van der Waals surface area contributed by atoms with Crippen LogP contribution in [0.2, 0.25) is 0 Å². The van der Waals surface area contributed by atoms with Crippen molar-refractivity contribution in [2.75, 3.05) is 6.73 Å². The lowest BCUT2D eigenvalue weighted by Crippen LogP contribution is -2.06. The lowest BCUT2D eigenvalue weighted by molar-refractivity contribution is 0.329. The molecule has 0 spiro atoms. The Balaban J connectivity index is 1.31. The highest BCUT2D eigenvalue weighted by Gasteiger charge is 2.21. The molecule has 0 aliphatic rings. The molecule has 0 aliphatic carbocycles. The van der Waals surface area contributed by atoms with Crippen LogP contribution in [-0.4, -0.2) is 30.8 Å². The van der Waals surface area contributed by atoms with Crippen molar-refractivity contribution in [3.8, 4) is 40.2 Å². The summed E-state index contributed by atoms with van der Waals surface area (Å²) in [5, 5.41) is 8.00. The normalized spacial score (nSPS) is 11.4. The summed E-state index contributed by atoms with van der Waals surface area (Å²) in [6, 6.07) is 47.9. The second-order valence-corrected chi connectivity index (χ2v) is 12.3. The maximum Gasteiger partial charge on any atom is 0.238 e. The topological polar surface area (TPSA) is 107 Å². The minimum atomic E-state index is -0.0886. The Morgan fingerprint density at radius 1 is 0.588 bits per heavy atom. The molecule has 0 atom stereocenters. The van der Waals surface area contributed by atoms with E-state index in [4.69, 9.17) is 25.2 Å². The van der Waals surface area contributed by atoms with Gasteiger partial charge in [0, 0.05) is 43.3 Å². The van der Waals surface area contributed by atoms with Gasteiger partial charge in [0.05, 0.1) is 22.1 Å². The first-order valence-corrected chi connectivity index (χ1v) is 16.8. The van der Waals surface area contributed by atoms with Crippen LogP contribution in [-0.2, 0) is 6.42 Å². The first-order valence-electron chi connectivity index (χ1n) is 16.8. The van der Waals surface area contributed by atoms with Crippen molar-refractivity contribution < 1.29 is 4.74 Å². The van der Waals surface area contributed by atoms with E-state index in [0.29, 0.717) is 23.3 Å². The van der Waals surface area contributed by atoms with Crippen molar-refractivity contribution in [1.82, 2.24) is 24.1 Å². The van der Waals surface area contributed by atoms with Crippen LogP contribution in [0, 0.1) is 0 Å². The van der Waals surface area contributed by atoms with Gasteiger partial charge in [0.2, 0.25) is 5.95 Å². The fraction of sp³-hybridized carbons (Fsp3) is 0.0714. The number of hydrogen-bond acceptors (Lipinski definition) is 5. The zero-order chi connectivity index (χ0) is 34.3. The number of ether oxygens (including phenoxy) is 1. The van der Waals surface area contributed by atoms with Crippen molar-refractivity contribution in [3.05, 3.63) is 156 Å². The standard InChI is InChI=1S/C42H30N8O/c1-2-27-16-18-28(19-17-27)40-45-41(29-20-22-31(23-21-29)51-26-44-48-43)47-42(46-40)50-37-15-9-7-13-33(37)35-24-38-34(25-39(35)50)32-12-6-8-14-36(32)49(38)30-10-4-3-5-11-30/h3-25H,2,26H2,1H3. The lowest BCUT2D eigenvalue weighted by Gasteiger charge is -2.12. The molecular weight excluding hydrogens is 633 g/mol. The van der Waals surface area contributed by atoms with E-state index in [9.17, 15) is 0 Å². The highest BCUT2D eigenvalue weighted by Crippen LogP contribution is 2.39. The fourth-order valence-corrected chi connectivity index (χ4v) is 6.94. The summed E-state index contributed by atoms with van der Waals surface area (Å²) in [5.74, 6) is 2.21. The Hall–Kier alpha value is -6.96. The monoisotopic (exact) mass is 662 g/mol. The molecule has 9 rings (SSSR count). The third-order valence-electron chi connectivity index (χ3n) is 9.39. The van der Waals surface area contributed by atoms with Gasteiger partial charge < -0.3 is 9.30 Å². The predicted molar refractivity (Wildman–Crippen MR) is 203 cm³/mol. The summed E-state index contributed by atoms with van der Waals surface area (Å²) >= 11 is 0. The van der Waals surface area contributed by atoms with E-state index in [1.54, 1.807) is 0 Å². The summed E-state index contributed by atoms with van der Waals surface area (Å²) < 4.78 is 10.0. The Bertz CT molecular complexity index is 2780. The molecule has 0 aliphatic heterocycles. The lowest BCUT2D eigenvalue weighted by atomic mass is 10.1. The fourth-order valence-electron chi connectivity index (χ4n) is 6.94. The van der Waals surface area contributed by atoms with E-state index in [-0.39, 0.29) is 6.73 Å². The van der Waals surface area contributed by atoms with Gasteiger partial charge in [-0.25, -0.2) is 4.98 Å². The smallest absolute Gasteiger partial charge is 0.238 e. The number of rotatable bonds is 8. The average Bonchev–Trinajstić information content (AvgIpc) is 3.69. The first-order chi connectivity index (χ1) is 25.2. The van der Waals surface area contributed by atoms with E-state index in [0.717, 1.165) is 61.5 Å². The second kappa shape index (κ2) is 12.5. The van der Waals surface area contributed by atoms with Crippen LogP contribution in [0.1, 0.15) is 12.5 Å². The average molecular weight is 663 g/mol. The minimum Gasteiger partial charge on any atom is -0.488 e. The first kappa shape index (κ1) is 30.1. The van der Waals surface area contributed by atoms with Crippen LogP contribution in [0.5, 0.6) is 5.75 Å². The number of fused-ring (bicyclic) bond motifs is 6. The number of aryl methyl sites for hydroxylation is 1. The molecule has 9 aromatic rings. The van der Waals surface area contributed by atoms with E-state index >= 15 is 0 Å². The Labute approximate surface area is 292 Å². The molecule has 0 unspecified atom stereocenters. The summed E-state index contributed by atoms with van der Waals surface area (Å²) in [6.07, 6.45) is 0.943. The SMILES string of the molecule is CCc1ccc(-c2nc(-c3ccc(OCN=[N+]=[N-])cc3)nc(-n3c4ccccc4c4cc5c(cc43)c3ccccc3n5-c3ccccc3)n2)cc1. The van der Waals surface area contributed by atoms with Gasteiger partial charge in [-0.2, -0.15) is 9.97 Å². The maximum atomic E-state index is 8.62. The molecule has 0 amide bonds. The third-order valence-corrected chi connectivity index (χ3v) is 9.39. The van der Waals surface area contributed by atoms with Gasteiger partial charge in [-0.15, -0.1) is 0 Å². The van der Waals surface area contributed by atoms with Crippen LogP contribution in [0.3, 0.4) is 0 Å². The van der Waals surface area contributed by atoms with E-state index in [1.807, 2.05) is 30.3 Å². The van der Waals surface area contributed by atoms with Gasteiger partial charge in [0.15, 0.2) is 18.4 Å². The summed E-state index contributed by atoms with van der Waals surface area (Å²) in [7, 11) is 0. The van der Waals surface area contributed by atoms with Gasteiger partial charge in [0.1, 0.15) is 5.75 Å². The number of azide groups is 1. The molecule has 3 heterocycles. The molecule has 9 nitrogen and oxygen atoms in total. The van der Waals surface area contributed by atoms with Crippen LogP contribution in [0.15, 0.2) is 145 Å². The highest BCUT2D eigenvalue weighted by atomic mass is 16.5. The molecule has 0 radical (unpaired) electrons. The minimum absolute atomic E-state index is 0.0886. The molecule has 0 bridgehead atoms. The quantitative estimate of drug-likeness (QED) is 0.0916. The van der Waals surface area contributed by atoms with Crippen molar-refractivity contribution >= 4 is 43.6 Å². The molecule has 0 saturated heterocycles. The van der Waals surface area contributed by atoms with Crippen molar-refractivity contribution in [1.29, 1.82) is 0 Å². The summed E-state index contributed by atoms with van der Waals surface area (Å²) in [4.78, 5) is 18.0. The van der Waals surface area contributed by atoms with Gasteiger partial charge in [-0.1, -0.05) is 90.9 Å². The van der Waals surface area contributed by atoms with Gasteiger partial charge in [0.25, 0.3) is 0 Å². The third kappa shape index (κ3) is 5.20. The maximum absolute atomic E-state index is 8.62. The largest absolute Gasteiger partial charge is 0.488 e. The summed E-state index contributed by atoms with van der Waals surface area (Å²) in [5.41, 5.74) is 17.0. The van der Waals surface area contributed by atoms with Crippen LogP contribution < -0.4 is 4.74 Å². The van der Waals surface area contributed by atoms with Crippen LogP contribution >= 0.6 is 0 Å². The second-order valence-electron chi connectivity index (χ2n) is 12.3. The Morgan fingerprint density at radius 3 is 1.75 bits per heavy atom. The zero-order valence-corrected chi connectivity index (χ0v) is 27.7. The number of para-hydroxylation sites is 3. The molecule has 3 aromatic heterocycles. The van der Waals surface area contributed by atoms with Crippen molar-refractivity contribution in [2.24, 2.45) is 5.11 Å². The predicted octanol–water partition coefficient (Wildman–Crippen LogP) is 10.6. The Kier molecular flexibility index (Phi) is 7.38. The molecule has 0 N–H and O–H groups in total. The highest BCUT2D eigenvalue weighted by molar-refractivity contribution is 6.18. The molecule has 0 saturated carbocycles. The molecular formula is C42H30N8O. The summed E-state index contributed by atoms with van der Waals surface area (Å²) in [6.45, 7) is 2.05. The van der Waals surface area contributed by atoms with Crippen molar-refractivity contribution in [2.45, 2.75) is 13.3 Å². The van der Waals surface area contributed by atoms with E-state index < -0.39 is 0 Å². The van der Waals surface area contributed by atoms with Crippen LogP contribution in [0.4, 0.5) is 0 Å². The molecule has 9 heteroatoms. The Morgan fingerprint density at radius 2 is 1.14 bits per heavy atom. The molecule has 6 aromatic carbocycles.